The Morgan fingerprint density at radius 2 is 1.54 bits per heavy atom. The summed E-state index contributed by atoms with van der Waals surface area (Å²) in [6, 6.07) is 16.5. The molecule has 0 radical (unpaired) electrons. The molecule has 0 aromatic heterocycles. The maximum absolute atomic E-state index is 11.6. The molecule has 2 aromatic carbocycles. The van der Waals surface area contributed by atoms with Crippen LogP contribution in [-0.2, 0) is 13.5 Å². The Kier molecular flexibility index (Phi) is 8.23. The molecule has 0 aliphatic rings. The van der Waals surface area contributed by atoms with Crippen molar-refractivity contribution in [2.45, 2.75) is 32.5 Å². The normalized spacial score (nSPS) is 13.5. The topological polar surface area (TPSA) is 35.5 Å². The van der Waals surface area contributed by atoms with Crippen molar-refractivity contribution in [3.8, 4) is 11.1 Å². The fourth-order valence-corrected chi connectivity index (χ4v) is 3.87. The van der Waals surface area contributed by atoms with E-state index in [1.165, 1.54) is 5.56 Å². The van der Waals surface area contributed by atoms with E-state index in [1.807, 2.05) is 31.2 Å². The van der Waals surface area contributed by atoms with Gasteiger partial charge in [0.2, 0.25) is 0 Å². The van der Waals surface area contributed by atoms with Crippen molar-refractivity contribution in [2.24, 2.45) is 0 Å². The molecule has 3 unspecified atom stereocenters. The first-order valence-electron chi connectivity index (χ1n) is 8.21. The second-order valence-electron chi connectivity index (χ2n) is 6.07. The van der Waals surface area contributed by atoms with Gasteiger partial charge in [-0.25, -0.2) is 4.79 Å². The lowest BCUT2D eigenvalue weighted by Crippen LogP contribution is -2.09. The van der Waals surface area contributed by atoms with Gasteiger partial charge in [0.25, 0.3) is 0 Å². The highest BCUT2D eigenvalue weighted by molar-refractivity contribution is 8.67. The van der Waals surface area contributed by atoms with Crippen molar-refractivity contribution < 1.29 is 13.5 Å². The number of carbonyl (C=O) groups excluding carboxylic acids is 1. The largest absolute Gasteiger partial charge is 0.454 e. The summed E-state index contributed by atoms with van der Waals surface area (Å²) in [5.74, 6) is -0.368. The average molecular weight is 407 g/mol. The van der Waals surface area contributed by atoms with Gasteiger partial charge in [-0.2, -0.15) is 0 Å². The number of hydrogen-bond acceptors (Lipinski definition) is 5. The Bertz CT molecular complexity index is 745. The molecule has 0 amide bonds. The summed E-state index contributed by atoms with van der Waals surface area (Å²) in [5.41, 5.74) is 5.21. The van der Waals surface area contributed by atoms with E-state index >= 15 is 0 Å². The minimum atomic E-state index is -0.368. The average Bonchev–Trinajstić information content (AvgIpc) is 2.66. The van der Waals surface area contributed by atoms with Crippen molar-refractivity contribution in [3.63, 3.8) is 0 Å². The fourth-order valence-electron chi connectivity index (χ4n) is 2.40. The molecule has 0 fully saturated rings. The van der Waals surface area contributed by atoms with E-state index in [9.17, 15) is 4.79 Å². The second kappa shape index (κ2) is 10.2. The molecule has 0 heterocycles. The molecule has 2 aromatic rings. The molecule has 0 aliphatic carbocycles. The fraction of sp³-hybridized carbons (Fsp3) is 0.250. The summed E-state index contributed by atoms with van der Waals surface area (Å²) >= 11 is 5.10. The predicted molar refractivity (Wildman–Crippen MR) is 116 cm³/mol. The monoisotopic (exact) mass is 406 g/mol. The summed E-state index contributed by atoms with van der Waals surface area (Å²) < 4.78 is 10.7. The van der Waals surface area contributed by atoms with Crippen LogP contribution in [-0.4, -0.2) is 5.97 Å². The SMILES string of the molecule is C=C(C)C(=O)OC(C)c1ccc(-c2ccc(C(C)POSS)cc2)cc1. The lowest BCUT2D eigenvalue weighted by Gasteiger charge is -2.14. The first-order valence-corrected chi connectivity index (χ1v) is 11.0. The number of rotatable bonds is 8. The highest BCUT2D eigenvalue weighted by atomic mass is 33.1. The molecule has 3 atom stereocenters. The molecule has 6 heteroatoms. The predicted octanol–water partition coefficient (Wildman–Crippen LogP) is 6.70. The van der Waals surface area contributed by atoms with Gasteiger partial charge in [-0.15, -0.1) is 0 Å². The molecular weight excluding hydrogens is 383 g/mol. The Labute approximate surface area is 166 Å². The third-order valence-electron chi connectivity index (χ3n) is 4.02. The van der Waals surface area contributed by atoms with Crippen LogP contribution in [0.1, 0.15) is 43.7 Å². The minimum absolute atomic E-state index is 0.304. The molecule has 0 saturated carbocycles. The standard InChI is InChI=1S/C20H23O3PS2/c1-13(2)20(21)22-14(3)16-5-9-18(10-6-16)19-11-7-17(8-12-19)15(4)24-23-26-25/h5-12,14-15,24-25H,1H2,2-4H3. The van der Waals surface area contributed by atoms with Crippen LogP contribution in [0.3, 0.4) is 0 Å². The number of thiol groups is 1. The zero-order chi connectivity index (χ0) is 19.1. The van der Waals surface area contributed by atoms with Crippen molar-refractivity contribution in [2.75, 3.05) is 0 Å². The Balaban J connectivity index is 2.06. The minimum Gasteiger partial charge on any atom is -0.454 e. The van der Waals surface area contributed by atoms with Crippen molar-refractivity contribution >= 4 is 37.5 Å². The van der Waals surface area contributed by atoms with Gasteiger partial charge in [0.05, 0.1) is 11.1 Å². The number of ether oxygens (including phenoxy) is 1. The molecular formula is C20H23O3PS2. The Morgan fingerprint density at radius 3 is 2.00 bits per heavy atom. The maximum atomic E-state index is 11.6. The number of hydrogen-bond donors (Lipinski definition) is 1. The van der Waals surface area contributed by atoms with Crippen LogP contribution in [0.25, 0.3) is 11.1 Å². The van der Waals surface area contributed by atoms with Crippen molar-refractivity contribution in [3.05, 3.63) is 71.8 Å². The Hall–Kier alpha value is -1.26. The van der Waals surface area contributed by atoms with E-state index in [1.54, 1.807) is 6.92 Å². The summed E-state index contributed by atoms with van der Waals surface area (Å²) in [6.45, 7) is 9.25. The van der Waals surface area contributed by atoms with Gasteiger partial charge in [-0.1, -0.05) is 73.7 Å². The van der Waals surface area contributed by atoms with Crippen LogP contribution in [0.4, 0.5) is 0 Å². The number of carbonyl (C=O) groups is 1. The lowest BCUT2D eigenvalue weighted by atomic mass is 10.0. The molecule has 3 nitrogen and oxygen atoms in total. The molecule has 0 N–H and O–H groups in total. The molecule has 0 bridgehead atoms. The van der Waals surface area contributed by atoms with Crippen LogP contribution in [0.2, 0.25) is 0 Å². The van der Waals surface area contributed by atoms with Crippen LogP contribution >= 0.6 is 31.5 Å². The molecule has 0 aliphatic heterocycles. The molecule has 138 valence electrons. The third-order valence-corrected chi connectivity index (χ3v) is 6.06. The van der Waals surface area contributed by atoms with Gasteiger partial charge in [0.1, 0.15) is 6.10 Å². The summed E-state index contributed by atoms with van der Waals surface area (Å²) in [6.07, 6.45) is -0.304. The van der Waals surface area contributed by atoms with Gasteiger partial charge in [0, 0.05) is 20.0 Å². The molecule has 2 rings (SSSR count). The summed E-state index contributed by atoms with van der Waals surface area (Å²) in [5, 5.41) is 0. The number of benzene rings is 2. The highest BCUT2D eigenvalue weighted by Gasteiger charge is 2.12. The molecule has 0 spiro atoms. The molecule has 0 saturated heterocycles. The zero-order valence-electron chi connectivity index (χ0n) is 15.1. The van der Waals surface area contributed by atoms with Crippen molar-refractivity contribution in [1.82, 2.24) is 0 Å². The first kappa shape index (κ1) is 21.0. The smallest absolute Gasteiger partial charge is 0.333 e. The van der Waals surface area contributed by atoms with Crippen LogP contribution in [0.5, 0.6) is 0 Å². The summed E-state index contributed by atoms with van der Waals surface area (Å²) in [7, 11) is 0.377. The third kappa shape index (κ3) is 5.88. The van der Waals surface area contributed by atoms with Crippen molar-refractivity contribution in [1.29, 1.82) is 0 Å². The van der Waals surface area contributed by atoms with Gasteiger partial charge >= 0.3 is 5.97 Å². The van der Waals surface area contributed by atoms with E-state index in [4.69, 9.17) is 8.71 Å². The lowest BCUT2D eigenvalue weighted by molar-refractivity contribution is -0.143. The van der Waals surface area contributed by atoms with Crippen LogP contribution in [0.15, 0.2) is 60.7 Å². The molecule has 26 heavy (non-hydrogen) atoms. The van der Waals surface area contributed by atoms with E-state index in [0.29, 0.717) is 20.0 Å². The number of esters is 1. The van der Waals surface area contributed by atoms with Gasteiger partial charge in [-0.3, -0.25) is 3.97 Å². The van der Waals surface area contributed by atoms with Gasteiger partial charge in [-0.05, 0) is 36.1 Å². The zero-order valence-corrected chi connectivity index (χ0v) is 17.8. The van der Waals surface area contributed by atoms with Gasteiger partial charge in [0.15, 0.2) is 0 Å². The summed E-state index contributed by atoms with van der Waals surface area (Å²) in [4.78, 5) is 11.6. The Morgan fingerprint density at radius 1 is 1.04 bits per heavy atom. The second-order valence-corrected chi connectivity index (χ2v) is 8.43. The maximum Gasteiger partial charge on any atom is 0.333 e. The van der Waals surface area contributed by atoms with Crippen LogP contribution in [0, 0.1) is 0 Å². The van der Waals surface area contributed by atoms with Gasteiger partial charge < -0.3 is 4.74 Å². The van der Waals surface area contributed by atoms with E-state index in [0.717, 1.165) is 27.8 Å². The van der Waals surface area contributed by atoms with Crippen LogP contribution < -0.4 is 0 Å². The van der Waals surface area contributed by atoms with E-state index < -0.39 is 0 Å². The van der Waals surface area contributed by atoms with E-state index in [2.05, 4.69) is 49.4 Å². The van der Waals surface area contributed by atoms with E-state index in [-0.39, 0.29) is 12.1 Å². The highest BCUT2D eigenvalue weighted by Crippen LogP contribution is 2.39. The quantitative estimate of drug-likeness (QED) is 0.132. The first-order chi connectivity index (χ1) is 12.4.